The molecule has 0 saturated carbocycles. The number of aromatic amines is 1. The number of anilines is 2. The Hall–Kier alpha value is -5.25. The van der Waals surface area contributed by atoms with E-state index in [1.54, 1.807) is 17.1 Å². The minimum Gasteiger partial charge on any atom is -0.492 e. The van der Waals surface area contributed by atoms with Gasteiger partial charge in [-0.1, -0.05) is 58.5 Å². The number of carbonyl (C=O) groups is 2. The Balaban J connectivity index is 0.000000185. The van der Waals surface area contributed by atoms with E-state index in [0.717, 1.165) is 54.6 Å². The Bertz CT molecular complexity index is 2580. The first-order chi connectivity index (χ1) is 32.2. The van der Waals surface area contributed by atoms with Crippen molar-refractivity contribution in [2.75, 3.05) is 68.2 Å². The van der Waals surface area contributed by atoms with Crippen molar-refractivity contribution in [1.29, 1.82) is 0 Å². The third-order valence-corrected chi connectivity index (χ3v) is 13.0. The summed E-state index contributed by atoms with van der Waals surface area (Å²) in [5.74, 6) is 1.43. The Morgan fingerprint density at radius 2 is 1.19 bits per heavy atom. The number of alkyl halides is 1. The number of piperazine rings is 2. The normalized spacial score (nSPS) is 15.9. The first-order valence-electron chi connectivity index (χ1n) is 22.0. The van der Waals surface area contributed by atoms with Gasteiger partial charge in [0.15, 0.2) is 0 Å². The van der Waals surface area contributed by atoms with Crippen LogP contribution in [0.3, 0.4) is 0 Å². The van der Waals surface area contributed by atoms with Crippen LogP contribution in [0.4, 0.5) is 11.4 Å². The minimum absolute atomic E-state index is 0.00470. The van der Waals surface area contributed by atoms with Crippen molar-refractivity contribution in [2.24, 2.45) is 0 Å². The van der Waals surface area contributed by atoms with Gasteiger partial charge in [0.05, 0.1) is 56.1 Å². The summed E-state index contributed by atoms with van der Waals surface area (Å²) in [6.45, 7) is 17.3. The molecule has 6 aromatic rings. The number of nitrogens with one attached hydrogen (secondary N) is 1. The number of benzene rings is 2. The Morgan fingerprint density at radius 1 is 0.687 bits per heavy atom. The van der Waals surface area contributed by atoms with Crippen molar-refractivity contribution in [2.45, 2.75) is 60.2 Å². The number of pyridine rings is 2. The quantitative estimate of drug-likeness (QED) is 0.125. The molecule has 14 nitrogen and oxygen atoms in total. The number of ether oxygens (including phenoxy) is 2. The summed E-state index contributed by atoms with van der Waals surface area (Å²) in [4.78, 5) is 41.6. The van der Waals surface area contributed by atoms with Crippen LogP contribution in [-0.4, -0.2) is 122 Å². The number of H-pyrrole nitrogens is 1. The fourth-order valence-electron chi connectivity index (χ4n) is 7.76. The van der Waals surface area contributed by atoms with Gasteiger partial charge in [0.1, 0.15) is 35.3 Å². The van der Waals surface area contributed by atoms with Gasteiger partial charge in [0, 0.05) is 87.3 Å². The molecule has 0 unspecified atom stereocenters. The van der Waals surface area contributed by atoms with Crippen molar-refractivity contribution in [3.8, 4) is 34.3 Å². The zero-order valence-electron chi connectivity index (χ0n) is 38.4. The summed E-state index contributed by atoms with van der Waals surface area (Å²) < 4.78 is 12.8. The smallest absolute Gasteiger partial charge is 0.244 e. The summed E-state index contributed by atoms with van der Waals surface area (Å²) in [6, 6.07) is 23.0. The highest BCUT2D eigenvalue weighted by molar-refractivity contribution is 6.34. The summed E-state index contributed by atoms with van der Waals surface area (Å²) in [5.41, 5.74) is 6.49. The van der Waals surface area contributed by atoms with Crippen LogP contribution in [-0.2, 0) is 16.1 Å². The van der Waals surface area contributed by atoms with Gasteiger partial charge in [0.25, 0.3) is 0 Å². The number of hydrogen-bond acceptors (Lipinski definition) is 10. The predicted molar refractivity (Wildman–Crippen MR) is 270 cm³/mol. The van der Waals surface area contributed by atoms with E-state index in [0.29, 0.717) is 75.0 Å². The van der Waals surface area contributed by atoms with Crippen LogP contribution < -0.4 is 19.3 Å². The Morgan fingerprint density at radius 3 is 1.63 bits per heavy atom. The molecule has 2 aromatic carbocycles. The molecular weight excluding hydrogens is 958 g/mol. The number of aryl methyl sites for hydroxylation is 1. The number of aromatic nitrogens is 6. The van der Waals surface area contributed by atoms with Gasteiger partial charge in [-0.3, -0.25) is 29.3 Å². The van der Waals surface area contributed by atoms with Gasteiger partial charge in [-0.05, 0) is 90.1 Å². The molecule has 2 atom stereocenters. The Labute approximate surface area is 417 Å². The molecule has 1 N–H and O–H groups in total. The second kappa shape index (κ2) is 24.2. The molecule has 8 rings (SSSR count). The van der Waals surface area contributed by atoms with Gasteiger partial charge in [-0.15, -0.1) is 11.6 Å². The second-order valence-corrected chi connectivity index (χ2v) is 17.7. The molecule has 0 radical (unpaired) electrons. The third kappa shape index (κ3) is 12.8. The standard InChI is InChI=1S/C24H27Cl2N5O2.C15H20Cl2N2O2.C9H8ClN3/c1-4-33-21-13-18(8-9-19(21)25)29-11-12-30(16(2)14-29)22(32)15-31-17(3)23(26)24(28-31)20-7-5-6-10-27-20;1-3-21-14-8-12(4-5-13(14)17)18-6-7-19(11(2)10-18)15(20)9-16;1-6-8(10)9(13-12-6)7-4-2-3-5-11-7/h5-10,13,16H,4,11-12,14-15H2,1-3H3;4-5,8,11H,3,6-7,9-10H2,1-2H3;2-5H,1H3,(H,12,13)/t16-;11-;/m00./s1. The molecule has 356 valence electrons. The van der Waals surface area contributed by atoms with Crippen molar-refractivity contribution in [3.63, 3.8) is 0 Å². The van der Waals surface area contributed by atoms with E-state index in [1.165, 1.54) is 0 Å². The maximum atomic E-state index is 13.2. The maximum absolute atomic E-state index is 13.2. The average molecular weight is 1010 g/mol. The van der Waals surface area contributed by atoms with Crippen LogP contribution in [0.15, 0.2) is 85.2 Å². The van der Waals surface area contributed by atoms with Gasteiger partial charge < -0.3 is 29.1 Å². The number of amides is 2. The molecule has 2 aliphatic heterocycles. The summed E-state index contributed by atoms with van der Waals surface area (Å²) in [6.07, 6.45) is 3.42. The van der Waals surface area contributed by atoms with E-state index in [2.05, 4.69) is 42.0 Å². The molecule has 6 heterocycles. The number of hydrogen-bond donors (Lipinski definition) is 1. The number of nitrogens with zero attached hydrogens (tertiary/aromatic N) is 9. The van der Waals surface area contributed by atoms with Crippen LogP contribution in [0.1, 0.15) is 39.1 Å². The third-order valence-electron chi connectivity index (χ3n) is 11.3. The summed E-state index contributed by atoms with van der Waals surface area (Å²) in [5, 5.41) is 13.8. The molecule has 4 aromatic heterocycles. The lowest BCUT2D eigenvalue weighted by Crippen LogP contribution is -2.54. The average Bonchev–Trinajstić information content (AvgIpc) is 3.82. The monoisotopic (exact) mass is 1010 g/mol. The lowest BCUT2D eigenvalue weighted by molar-refractivity contribution is -0.134. The minimum atomic E-state index is -0.00470. The molecule has 2 saturated heterocycles. The molecule has 19 heteroatoms. The molecular formula is C48H55Cl5N10O4. The number of halogens is 5. The lowest BCUT2D eigenvalue weighted by Gasteiger charge is -2.41. The van der Waals surface area contributed by atoms with E-state index in [9.17, 15) is 9.59 Å². The van der Waals surface area contributed by atoms with Crippen molar-refractivity contribution < 1.29 is 19.1 Å². The molecule has 2 fully saturated rings. The van der Waals surface area contributed by atoms with Crippen LogP contribution in [0, 0.1) is 13.8 Å². The molecule has 0 bridgehead atoms. The zero-order valence-corrected chi connectivity index (χ0v) is 42.1. The fraction of sp³-hybridized carbons (Fsp3) is 0.375. The fourth-order valence-corrected chi connectivity index (χ4v) is 8.67. The number of carbonyl (C=O) groups excluding carboxylic acids is 2. The van der Waals surface area contributed by atoms with Gasteiger partial charge >= 0.3 is 0 Å². The topological polar surface area (TPSA) is 138 Å². The van der Waals surface area contributed by atoms with Crippen molar-refractivity contribution >= 4 is 81.2 Å². The number of rotatable bonds is 11. The SMILES string of the molecule is CCOc1cc(N2CCN(C(=O)CCl)[C@@H](C)C2)ccc1Cl.CCOc1cc(N2CCN(C(=O)Cn3nc(-c4ccccn4)c(Cl)c3C)[C@@H](C)C2)ccc1Cl.Cc1[nH]nc(-c2ccccn2)c1Cl. The second-order valence-electron chi connectivity index (χ2n) is 15.8. The van der Waals surface area contributed by atoms with Crippen LogP contribution in [0.2, 0.25) is 20.1 Å². The molecule has 2 aliphatic rings. The van der Waals surface area contributed by atoms with Gasteiger partial charge in [0.2, 0.25) is 11.8 Å². The molecule has 0 spiro atoms. The van der Waals surface area contributed by atoms with Crippen LogP contribution >= 0.6 is 58.0 Å². The lowest BCUT2D eigenvalue weighted by atomic mass is 10.1. The zero-order chi connectivity index (χ0) is 48.2. The van der Waals surface area contributed by atoms with Crippen LogP contribution in [0.25, 0.3) is 22.8 Å². The van der Waals surface area contributed by atoms with E-state index in [4.69, 9.17) is 67.5 Å². The molecule has 0 aliphatic carbocycles. The highest BCUT2D eigenvalue weighted by Crippen LogP contribution is 2.33. The van der Waals surface area contributed by atoms with E-state index < -0.39 is 0 Å². The Kier molecular flexibility index (Phi) is 18.4. The van der Waals surface area contributed by atoms with Gasteiger partial charge in [-0.2, -0.15) is 10.2 Å². The molecule has 2 amide bonds. The van der Waals surface area contributed by atoms with Crippen LogP contribution in [0.5, 0.6) is 11.5 Å². The molecule has 67 heavy (non-hydrogen) atoms. The van der Waals surface area contributed by atoms with E-state index in [-0.39, 0.29) is 36.3 Å². The summed E-state index contributed by atoms with van der Waals surface area (Å²) >= 11 is 30.5. The first kappa shape index (κ1) is 51.1. The van der Waals surface area contributed by atoms with E-state index in [1.807, 2.05) is 117 Å². The highest BCUT2D eigenvalue weighted by Gasteiger charge is 2.30. The first-order valence-corrected chi connectivity index (χ1v) is 24.0. The largest absolute Gasteiger partial charge is 0.492 e. The van der Waals surface area contributed by atoms with Gasteiger partial charge in [-0.25, -0.2) is 0 Å². The maximum Gasteiger partial charge on any atom is 0.244 e. The van der Waals surface area contributed by atoms with Crippen molar-refractivity contribution in [3.05, 3.63) is 117 Å². The predicted octanol–water partition coefficient (Wildman–Crippen LogP) is 10.1. The highest BCUT2D eigenvalue weighted by atomic mass is 35.5. The van der Waals surface area contributed by atoms with Crippen molar-refractivity contribution in [1.82, 2.24) is 39.7 Å². The van der Waals surface area contributed by atoms with E-state index >= 15 is 0 Å². The summed E-state index contributed by atoms with van der Waals surface area (Å²) in [7, 11) is 0.